The lowest BCUT2D eigenvalue weighted by atomic mass is 9.74. The van der Waals surface area contributed by atoms with Crippen molar-refractivity contribution in [2.75, 3.05) is 52.9 Å². The highest BCUT2D eigenvalue weighted by Gasteiger charge is 2.53. The number of benzene rings is 4. The third-order valence-electron chi connectivity index (χ3n) is 19.5. The van der Waals surface area contributed by atoms with Gasteiger partial charge in [0.05, 0.1) is 59.4 Å². The van der Waals surface area contributed by atoms with E-state index in [2.05, 4.69) is 63.5 Å². The number of alkyl halides is 6. The summed E-state index contributed by atoms with van der Waals surface area (Å²) in [5, 5.41) is 0. The first-order valence-corrected chi connectivity index (χ1v) is 30.1. The minimum atomic E-state index is -4.45. The first-order valence-electron chi connectivity index (χ1n) is 30.1. The minimum absolute atomic E-state index is 0.0261. The van der Waals surface area contributed by atoms with E-state index in [9.17, 15) is 45.5 Å². The standard InChI is InChI=1S/2C33H41F3N2O4/c2*1-5-41-30(39)24-8-6-7-23(15-24)28-12-14-37(18-22(28)4)27-11-13-32(17-27,21(2)3)31(40)38-19-25-16-26(33(34,35)36)9-10-29(25)42-20-38/h2*6-10,15-16,21-22,27-28H,5,11-14,17-20H2,1-4H3/t22-,27+,28-,32-;22-,27-,28-,32+/m01/s1. The Morgan fingerprint density at radius 3 is 1.31 bits per heavy atom. The molecule has 456 valence electrons. The highest BCUT2D eigenvalue weighted by Crippen LogP contribution is 2.51. The van der Waals surface area contributed by atoms with Crippen LogP contribution in [0.25, 0.3) is 0 Å². The second kappa shape index (κ2) is 25.4. The average Bonchev–Trinajstić information content (AvgIpc) is 3.98. The maximum absolute atomic E-state index is 14.1. The van der Waals surface area contributed by atoms with Gasteiger partial charge in [0.1, 0.15) is 11.5 Å². The lowest BCUT2D eigenvalue weighted by Gasteiger charge is -2.42. The first-order chi connectivity index (χ1) is 39.8. The molecule has 0 N–H and O–H groups in total. The number of nitrogens with zero attached hydrogens (tertiary/aromatic N) is 4. The molecule has 4 aromatic carbocycles. The molecule has 10 rings (SSSR count). The molecule has 4 aromatic rings. The molecule has 0 aromatic heterocycles. The molecule has 0 spiro atoms. The summed E-state index contributed by atoms with van der Waals surface area (Å²) in [4.78, 5) is 60.9. The Morgan fingerprint density at radius 2 is 0.964 bits per heavy atom. The topological polar surface area (TPSA) is 118 Å². The van der Waals surface area contributed by atoms with Gasteiger partial charge in [0.25, 0.3) is 0 Å². The number of hydrogen-bond donors (Lipinski definition) is 0. The van der Waals surface area contributed by atoms with E-state index in [4.69, 9.17) is 18.9 Å². The second-order valence-electron chi connectivity index (χ2n) is 25.0. The molecule has 2 saturated heterocycles. The fourth-order valence-corrected chi connectivity index (χ4v) is 14.6. The molecule has 2 amide bonds. The van der Waals surface area contributed by atoms with Gasteiger partial charge in [-0.1, -0.05) is 65.8 Å². The molecule has 18 heteroatoms. The van der Waals surface area contributed by atoms with Crippen molar-refractivity contribution in [1.82, 2.24) is 19.6 Å². The number of esters is 2. The summed E-state index contributed by atoms with van der Waals surface area (Å²) in [5.41, 5.74) is 1.63. The van der Waals surface area contributed by atoms with E-state index >= 15 is 0 Å². The Kier molecular flexibility index (Phi) is 18.9. The molecule has 0 unspecified atom stereocenters. The van der Waals surface area contributed by atoms with E-state index in [1.165, 1.54) is 12.1 Å². The Labute approximate surface area is 490 Å². The quantitative estimate of drug-likeness (QED) is 0.100. The fraction of sp³-hybridized carbons (Fsp3) is 0.576. The number of carbonyl (C=O) groups is 4. The van der Waals surface area contributed by atoms with Gasteiger partial charge in [0.2, 0.25) is 11.8 Å². The molecule has 4 heterocycles. The molecule has 6 aliphatic rings. The maximum Gasteiger partial charge on any atom is 0.416 e. The maximum atomic E-state index is 14.1. The second-order valence-corrected chi connectivity index (χ2v) is 25.0. The van der Waals surface area contributed by atoms with Gasteiger partial charge >= 0.3 is 24.3 Å². The normalized spacial score (nSPS) is 26.6. The summed E-state index contributed by atoms with van der Waals surface area (Å²) in [6.07, 6.45) is -2.22. The smallest absolute Gasteiger partial charge is 0.416 e. The lowest BCUT2D eigenvalue weighted by Crippen LogP contribution is -2.49. The molecule has 2 saturated carbocycles. The number of hydrogen-bond acceptors (Lipinski definition) is 10. The van der Waals surface area contributed by atoms with Crippen LogP contribution in [-0.2, 0) is 44.5 Å². The van der Waals surface area contributed by atoms with Gasteiger partial charge in [-0.15, -0.1) is 0 Å². The zero-order chi connectivity index (χ0) is 60.5. The van der Waals surface area contributed by atoms with Crippen LogP contribution in [0, 0.1) is 34.5 Å². The molecule has 12 nitrogen and oxygen atoms in total. The summed E-state index contributed by atoms with van der Waals surface area (Å²) in [6.45, 7) is 21.0. The van der Waals surface area contributed by atoms with E-state index in [1.807, 2.05) is 24.3 Å². The van der Waals surface area contributed by atoms with Gasteiger partial charge in [-0.3, -0.25) is 9.59 Å². The largest absolute Gasteiger partial charge is 0.473 e. The van der Waals surface area contributed by atoms with Gasteiger partial charge in [-0.2, -0.15) is 26.3 Å². The number of likely N-dealkylation sites (tertiary alicyclic amines) is 2. The number of carbonyl (C=O) groups excluding carboxylic acids is 4. The molecule has 4 fully saturated rings. The number of piperidine rings is 2. The number of fused-ring (bicyclic) bond motifs is 2. The average molecular weight is 1170 g/mol. The number of ether oxygens (including phenoxy) is 4. The van der Waals surface area contributed by atoms with Gasteiger partial charge < -0.3 is 38.5 Å². The van der Waals surface area contributed by atoms with E-state index < -0.39 is 34.3 Å². The SMILES string of the molecule is CCOC(=O)c1cccc([C@@H]2CCN([C@@H]3CC[C@@](C(=O)N4COc5ccc(C(F)(F)F)cc5C4)(C(C)C)C3)C[C@H]2C)c1.CCOC(=O)c1cccc([C@H]2CCN([C@@H]3CC[C@@](C(=O)N4COc5ccc(C(F)(F)F)cc5C4)(C(C)C)C3)C[C@@H]2C)c1. The fourth-order valence-electron chi connectivity index (χ4n) is 14.6. The van der Waals surface area contributed by atoms with E-state index in [1.54, 1.807) is 35.8 Å². The van der Waals surface area contributed by atoms with Crippen molar-refractivity contribution in [2.45, 2.75) is 156 Å². The van der Waals surface area contributed by atoms with Crippen LogP contribution in [-0.4, -0.2) is 108 Å². The Balaban J connectivity index is 0.000000202. The molecule has 8 atom stereocenters. The summed E-state index contributed by atoms with van der Waals surface area (Å²) in [6, 6.07) is 23.0. The Morgan fingerprint density at radius 1 is 0.571 bits per heavy atom. The third kappa shape index (κ3) is 13.1. The lowest BCUT2D eigenvalue weighted by molar-refractivity contribution is -0.151. The van der Waals surface area contributed by atoms with E-state index in [-0.39, 0.29) is 74.2 Å². The summed E-state index contributed by atoms with van der Waals surface area (Å²) in [7, 11) is 0. The Hall–Kier alpha value is -6.14. The van der Waals surface area contributed by atoms with Crippen LogP contribution < -0.4 is 9.47 Å². The van der Waals surface area contributed by atoms with E-state index in [0.29, 0.717) is 70.6 Å². The highest BCUT2D eigenvalue weighted by molar-refractivity contribution is 5.90. The molecular formula is C66H82F6N4O8. The van der Waals surface area contributed by atoms with Crippen molar-refractivity contribution in [3.63, 3.8) is 0 Å². The molecule has 2 aliphatic carbocycles. The number of halogens is 6. The van der Waals surface area contributed by atoms with Crippen LogP contribution in [0.2, 0.25) is 0 Å². The van der Waals surface area contributed by atoms with Gasteiger partial charge in [-0.25, -0.2) is 9.59 Å². The third-order valence-corrected chi connectivity index (χ3v) is 19.5. The summed E-state index contributed by atoms with van der Waals surface area (Å²) in [5.74, 6) is 1.73. The zero-order valence-corrected chi connectivity index (χ0v) is 49.8. The van der Waals surface area contributed by atoms with Gasteiger partial charge in [0.15, 0.2) is 13.5 Å². The molecule has 0 radical (unpaired) electrons. The van der Waals surface area contributed by atoms with Crippen LogP contribution >= 0.6 is 0 Å². The predicted octanol–water partition coefficient (Wildman–Crippen LogP) is 13.8. The molecule has 0 bridgehead atoms. The highest BCUT2D eigenvalue weighted by atomic mass is 19.4. The summed E-state index contributed by atoms with van der Waals surface area (Å²) >= 11 is 0. The predicted molar refractivity (Wildman–Crippen MR) is 306 cm³/mol. The number of amides is 2. The van der Waals surface area contributed by atoms with Crippen molar-refractivity contribution in [2.24, 2.45) is 34.5 Å². The van der Waals surface area contributed by atoms with Crippen LogP contribution in [0.15, 0.2) is 84.9 Å². The van der Waals surface area contributed by atoms with Crippen LogP contribution in [0.4, 0.5) is 26.3 Å². The monoisotopic (exact) mass is 1170 g/mol. The van der Waals surface area contributed by atoms with Gasteiger partial charge in [0, 0.05) is 36.3 Å². The van der Waals surface area contributed by atoms with Crippen molar-refractivity contribution < 1.29 is 64.5 Å². The number of rotatable bonds is 12. The first kappa shape index (κ1) is 62.4. The van der Waals surface area contributed by atoms with Crippen LogP contribution in [0.5, 0.6) is 11.5 Å². The summed E-state index contributed by atoms with van der Waals surface area (Å²) < 4.78 is 102. The zero-order valence-electron chi connectivity index (χ0n) is 49.8. The van der Waals surface area contributed by atoms with Crippen LogP contribution in [0.3, 0.4) is 0 Å². The molecule has 84 heavy (non-hydrogen) atoms. The Bertz CT molecular complexity index is 2820. The molecular weight excluding hydrogens is 1090 g/mol. The van der Waals surface area contributed by atoms with Crippen molar-refractivity contribution in [3.05, 3.63) is 129 Å². The van der Waals surface area contributed by atoms with E-state index in [0.717, 1.165) is 113 Å². The van der Waals surface area contributed by atoms with Gasteiger partial charge in [-0.05, 0) is 186 Å². The van der Waals surface area contributed by atoms with Crippen LogP contribution in [0.1, 0.15) is 173 Å². The molecule has 4 aliphatic heterocycles. The van der Waals surface area contributed by atoms with Crippen molar-refractivity contribution in [3.8, 4) is 11.5 Å². The van der Waals surface area contributed by atoms with Crippen molar-refractivity contribution in [1.29, 1.82) is 0 Å². The minimum Gasteiger partial charge on any atom is -0.473 e. The van der Waals surface area contributed by atoms with Crippen molar-refractivity contribution >= 4 is 23.8 Å².